The standard InChI is InChI=1S/C11H22N4O2.ClH/c1-4-13-11(17)14-10(16)8(2)15(3)9-5-6-12-7-9;/h8-9,12H,4-7H2,1-3H3,(H2,13,14,16,17);1H. The number of nitrogens with one attached hydrogen (secondary N) is 3. The molecule has 18 heavy (non-hydrogen) atoms. The highest BCUT2D eigenvalue weighted by atomic mass is 35.5. The fraction of sp³-hybridized carbons (Fsp3) is 0.818. The van der Waals surface area contributed by atoms with E-state index < -0.39 is 6.03 Å². The van der Waals surface area contributed by atoms with Gasteiger partial charge >= 0.3 is 6.03 Å². The van der Waals surface area contributed by atoms with Crippen LogP contribution in [0.2, 0.25) is 0 Å². The third-order valence-corrected chi connectivity index (χ3v) is 3.17. The van der Waals surface area contributed by atoms with E-state index in [2.05, 4.69) is 16.0 Å². The molecule has 6 nitrogen and oxygen atoms in total. The molecule has 3 amide bonds. The van der Waals surface area contributed by atoms with Crippen LogP contribution in [0.1, 0.15) is 20.3 Å². The zero-order valence-electron chi connectivity index (χ0n) is 11.2. The van der Waals surface area contributed by atoms with Gasteiger partial charge in [0.05, 0.1) is 6.04 Å². The molecule has 1 saturated heterocycles. The molecule has 1 heterocycles. The third kappa shape index (κ3) is 4.80. The summed E-state index contributed by atoms with van der Waals surface area (Å²) in [7, 11) is 1.92. The van der Waals surface area contributed by atoms with Crippen molar-refractivity contribution >= 4 is 24.3 Å². The molecule has 7 heteroatoms. The molecule has 0 aromatic carbocycles. The summed E-state index contributed by atoms with van der Waals surface area (Å²) in [6.45, 7) is 6.02. The van der Waals surface area contributed by atoms with Crippen molar-refractivity contribution in [3.05, 3.63) is 0 Å². The molecule has 106 valence electrons. The number of likely N-dealkylation sites (N-methyl/N-ethyl adjacent to an activating group) is 1. The van der Waals surface area contributed by atoms with E-state index in [1.54, 1.807) is 0 Å². The molecule has 0 aliphatic carbocycles. The second-order valence-electron chi connectivity index (χ2n) is 4.34. The van der Waals surface area contributed by atoms with E-state index in [-0.39, 0.29) is 24.4 Å². The van der Waals surface area contributed by atoms with E-state index in [0.29, 0.717) is 12.6 Å². The monoisotopic (exact) mass is 278 g/mol. The summed E-state index contributed by atoms with van der Waals surface area (Å²) in [4.78, 5) is 25.0. The van der Waals surface area contributed by atoms with Gasteiger partial charge in [-0.3, -0.25) is 15.0 Å². The quantitative estimate of drug-likeness (QED) is 0.673. The Morgan fingerprint density at radius 2 is 2.17 bits per heavy atom. The van der Waals surface area contributed by atoms with Gasteiger partial charge in [-0.2, -0.15) is 0 Å². The number of hydrogen-bond acceptors (Lipinski definition) is 4. The first-order valence-corrected chi connectivity index (χ1v) is 6.07. The molecule has 0 spiro atoms. The average Bonchev–Trinajstić information content (AvgIpc) is 2.80. The largest absolute Gasteiger partial charge is 0.338 e. The highest BCUT2D eigenvalue weighted by molar-refractivity contribution is 5.96. The van der Waals surface area contributed by atoms with Gasteiger partial charge in [0, 0.05) is 19.1 Å². The topological polar surface area (TPSA) is 73.5 Å². The van der Waals surface area contributed by atoms with Crippen molar-refractivity contribution in [1.29, 1.82) is 0 Å². The summed E-state index contributed by atoms with van der Waals surface area (Å²) in [5.41, 5.74) is 0. The molecule has 1 fully saturated rings. The molecular formula is C11H23ClN4O2. The Kier molecular flexibility index (Phi) is 7.90. The highest BCUT2D eigenvalue weighted by Crippen LogP contribution is 2.09. The van der Waals surface area contributed by atoms with Crippen LogP contribution < -0.4 is 16.0 Å². The predicted octanol–water partition coefficient (Wildman–Crippen LogP) is -0.0639. The Bertz CT molecular complexity index is 282. The second kappa shape index (κ2) is 8.29. The Balaban J connectivity index is 0.00000289. The summed E-state index contributed by atoms with van der Waals surface area (Å²) in [6.07, 6.45) is 1.04. The van der Waals surface area contributed by atoms with Crippen LogP contribution in [-0.2, 0) is 4.79 Å². The van der Waals surface area contributed by atoms with Crippen LogP contribution in [-0.4, -0.2) is 55.6 Å². The molecule has 3 N–H and O–H groups in total. The first-order valence-electron chi connectivity index (χ1n) is 6.07. The van der Waals surface area contributed by atoms with Crippen LogP contribution in [0.5, 0.6) is 0 Å². The van der Waals surface area contributed by atoms with E-state index in [1.165, 1.54) is 0 Å². The SMILES string of the molecule is CCNC(=O)NC(=O)C(C)N(C)C1CCNC1.Cl. The van der Waals surface area contributed by atoms with Crippen molar-refractivity contribution in [3.8, 4) is 0 Å². The van der Waals surface area contributed by atoms with Crippen LogP contribution >= 0.6 is 12.4 Å². The summed E-state index contributed by atoms with van der Waals surface area (Å²) >= 11 is 0. The van der Waals surface area contributed by atoms with Crippen molar-refractivity contribution in [2.45, 2.75) is 32.4 Å². The molecule has 0 saturated carbocycles. The van der Waals surface area contributed by atoms with Gasteiger partial charge < -0.3 is 10.6 Å². The number of carbonyl (C=O) groups is 2. The van der Waals surface area contributed by atoms with E-state index >= 15 is 0 Å². The minimum Gasteiger partial charge on any atom is -0.338 e. The lowest BCUT2D eigenvalue weighted by Crippen LogP contribution is -2.51. The van der Waals surface area contributed by atoms with Crippen molar-refractivity contribution < 1.29 is 9.59 Å². The number of carbonyl (C=O) groups excluding carboxylic acids is 2. The Morgan fingerprint density at radius 3 is 2.67 bits per heavy atom. The Hall–Kier alpha value is -0.850. The van der Waals surface area contributed by atoms with E-state index in [9.17, 15) is 9.59 Å². The third-order valence-electron chi connectivity index (χ3n) is 3.17. The smallest absolute Gasteiger partial charge is 0.321 e. The van der Waals surface area contributed by atoms with Crippen LogP contribution in [0, 0.1) is 0 Å². The zero-order chi connectivity index (χ0) is 12.8. The molecule has 0 bridgehead atoms. The number of amides is 3. The van der Waals surface area contributed by atoms with Gasteiger partial charge in [0.25, 0.3) is 0 Å². The number of rotatable bonds is 4. The lowest BCUT2D eigenvalue weighted by Gasteiger charge is -2.28. The van der Waals surface area contributed by atoms with Crippen LogP contribution in [0.4, 0.5) is 4.79 Å². The van der Waals surface area contributed by atoms with Crippen LogP contribution in [0.15, 0.2) is 0 Å². The number of imide groups is 1. The fourth-order valence-electron chi connectivity index (χ4n) is 1.91. The number of halogens is 1. The summed E-state index contributed by atoms with van der Waals surface area (Å²) in [5, 5.41) is 8.13. The van der Waals surface area contributed by atoms with Crippen LogP contribution in [0.25, 0.3) is 0 Å². The fourth-order valence-corrected chi connectivity index (χ4v) is 1.91. The van der Waals surface area contributed by atoms with Crippen LogP contribution in [0.3, 0.4) is 0 Å². The molecular weight excluding hydrogens is 256 g/mol. The van der Waals surface area contributed by atoms with Crippen molar-refractivity contribution in [2.24, 2.45) is 0 Å². The number of urea groups is 1. The van der Waals surface area contributed by atoms with Crippen molar-refractivity contribution in [1.82, 2.24) is 20.9 Å². The van der Waals surface area contributed by atoms with E-state index in [4.69, 9.17) is 0 Å². The van der Waals surface area contributed by atoms with Gasteiger partial charge in [-0.25, -0.2) is 4.79 Å². The molecule has 1 aliphatic rings. The zero-order valence-corrected chi connectivity index (χ0v) is 12.0. The van der Waals surface area contributed by atoms with Gasteiger partial charge in [0.2, 0.25) is 5.91 Å². The minimum absolute atomic E-state index is 0. The summed E-state index contributed by atoms with van der Waals surface area (Å²) in [6, 6.07) is -0.366. The normalized spacial score (nSPS) is 20.1. The lowest BCUT2D eigenvalue weighted by atomic mass is 10.1. The van der Waals surface area contributed by atoms with Crippen molar-refractivity contribution in [3.63, 3.8) is 0 Å². The predicted molar refractivity (Wildman–Crippen MR) is 73.0 cm³/mol. The maximum Gasteiger partial charge on any atom is 0.321 e. The molecule has 1 aliphatic heterocycles. The van der Waals surface area contributed by atoms with Gasteiger partial charge in [-0.1, -0.05) is 0 Å². The average molecular weight is 279 g/mol. The summed E-state index contributed by atoms with van der Waals surface area (Å²) < 4.78 is 0. The second-order valence-corrected chi connectivity index (χ2v) is 4.34. The first-order chi connectivity index (χ1) is 8.06. The molecule has 2 unspecified atom stereocenters. The first kappa shape index (κ1) is 17.2. The van der Waals surface area contributed by atoms with Gasteiger partial charge in [-0.05, 0) is 33.9 Å². The molecule has 1 rings (SSSR count). The molecule has 0 aromatic rings. The lowest BCUT2D eigenvalue weighted by molar-refractivity contribution is -0.124. The summed E-state index contributed by atoms with van der Waals surface area (Å²) in [5.74, 6) is -0.259. The molecule has 2 atom stereocenters. The van der Waals surface area contributed by atoms with Crippen molar-refractivity contribution in [2.75, 3.05) is 26.7 Å². The highest BCUT2D eigenvalue weighted by Gasteiger charge is 2.27. The number of hydrogen-bond donors (Lipinski definition) is 3. The molecule has 0 aromatic heterocycles. The van der Waals surface area contributed by atoms with E-state index in [0.717, 1.165) is 19.5 Å². The van der Waals surface area contributed by atoms with Gasteiger partial charge in [-0.15, -0.1) is 12.4 Å². The van der Waals surface area contributed by atoms with Gasteiger partial charge in [0.15, 0.2) is 0 Å². The Morgan fingerprint density at radius 1 is 1.50 bits per heavy atom. The van der Waals surface area contributed by atoms with Gasteiger partial charge in [0.1, 0.15) is 0 Å². The maximum absolute atomic E-state index is 11.8. The van der Waals surface area contributed by atoms with E-state index in [1.807, 2.05) is 25.8 Å². The number of nitrogens with zero attached hydrogens (tertiary/aromatic N) is 1. The molecule has 0 radical (unpaired) electrons. The maximum atomic E-state index is 11.8. The Labute approximate surface area is 114 Å². The minimum atomic E-state index is -0.428.